The van der Waals surface area contributed by atoms with Crippen LogP contribution in [0.15, 0.2) is 0 Å². The second kappa shape index (κ2) is 6.55. The van der Waals surface area contributed by atoms with Crippen molar-refractivity contribution in [2.45, 2.75) is 19.4 Å². The second-order valence-electron chi connectivity index (χ2n) is 2.15. The Kier molecular flexibility index (Phi) is 6.58. The minimum absolute atomic E-state index is 0.0406. The normalized spacial score (nSPS) is 12.8. The Balaban J connectivity index is 3.12. The second-order valence-corrected chi connectivity index (χ2v) is 4.77. The van der Waals surface area contributed by atoms with Crippen LogP contribution in [-0.4, -0.2) is 35.9 Å². The fraction of sp³-hybridized carbons (Fsp3) is 1.00. The van der Waals surface area contributed by atoms with Crippen LogP contribution in [0, 0.1) is 0 Å². The Morgan fingerprint density at radius 3 is 2.67 bits per heavy atom. The first-order valence-corrected chi connectivity index (χ1v) is 6.70. The van der Waals surface area contributed by atoms with Gasteiger partial charge < -0.3 is 4.43 Å². The molecule has 5 nitrogen and oxygen atoms in total. The van der Waals surface area contributed by atoms with Gasteiger partial charge in [-0.05, 0) is 19.4 Å². The molecule has 0 radical (unpaired) electrons. The minimum Gasteiger partial charge on any atom is -0.424 e. The molecule has 1 N–H and O–H groups in total. The molecule has 0 spiro atoms. The van der Waals surface area contributed by atoms with Crippen LogP contribution in [-0.2, 0) is 19.0 Å². The van der Waals surface area contributed by atoms with Crippen molar-refractivity contribution in [1.82, 2.24) is 0 Å². The summed E-state index contributed by atoms with van der Waals surface area (Å²) in [6, 6.07) is 0.864. The molecule has 0 heterocycles. The highest BCUT2D eigenvalue weighted by molar-refractivity contribution is 7.80. The van der Waals surface area contributed by atoms with Gasteiger partial charge in [0.2, 0.25) is 0 Å². The summed E-state index contributed by atoms with van der Waals surface area (Å²) in [5, 5.41) is 0. The topological polar surface area (TPSA) is 72.8 Å². The van der Waals surface area contributed by atoms with Crippen LogP contribution in [0.25, 0.3) is 0 Å². The molecule has 0 rings (SSSR count). The highest BCUT2D eigenvalue weighted by Gasteiger charge is 2.02. The smallest absolute Gasteiger partial charge is 0.397 e. The van der Waals surface area contributed by atoms with E-state index in [4.69, 9.17) is 8.98 Å². The third kappa shape index (κ3) is 10.0. The van der Waals surface area contributed by atoms with Gasteiger partial charge >= 0.3 is 10.4 Å². The summed E-state index contributed by atoms with van der Waals surface area (Å²) in [5.41, 5.74) is 0. The van der Waals surface area contributed by atoms with Crippen molar-refractivity contribution >= 4 is 20.2 Å². The number of rotatable bonds is 7. The summed E-state index contributed by atoms with van der Waals surface area (Å²) in [4.78, 5) is 0. The van der Waals surface area contributed by atoms with Gasteiger partial charge in [-0.1, -0.05) is 0 Å². The zero-order valence-corrected chi connectivity index (χ0v) is 9.25. The third-order valence-corrected chi connectivity index (χ3v) is 3.07. The monoisotopic (exact) mass is 214 g/mol. The van der Waals surface area contributed by atoms with Crippen LogP contribution in [0.1, 0.15) is 13.3 Å². The van der Waals surface area contributed by atoms with Gasteiger partial charge in [0.1, 0.15) is 0 Å². The lowest BCUT2D eigenvalue weighted by Crippen LogP contribution is -2.06. The molecular formula is C5H14O5SSi. The van der Waals surface area contributed by atoms with Crippen LogP contribution in [0.4, 0.5) is 0 Å². The van der Waals surface area contributed by atoms with Gasteiger partial charge in [0.15, 0.2) is 9.76 Å². The van der Waals surface area contributed by atoms with Crippen LogP contribution in [0.3, 0.4) is 0 Å². The number of hydrogen-bond donors (Lipinski definition) is 1. The molecule has 74 valence electrons. The summed E-state index contributed by atoms with van der Waals surface area (Å²) in [5.74, 6) is 0. The molecule has 0 bridgehead atoms. The maximum Gasteiger partial charge on any atom is 0.397 e. The van der Waals surface area contributed by atoms with E-state index in [1.165, 1.54) is 0 Å². The van der Waals surface area contributed by atoms with Gasteiger partial charge in [-0.2, -0.15) is 8.42 Å². The van der Waals surface area contributed by atoms with Gasteiger partial charge in [0.25, 0.3) is 0 Å². The maximum atomic E-state index is 10.0. The molecule has 0 fully saturated rings. The average molecular weight is 214 g/mol. The quantitative estimate of drug-likeness (QED) is 0.359. The van der Waals surface area contributed by atoms with E-state index in [0.717, 1.165) is 6.04 Å². The van der Waals surface area contributed by atoms with Crippen molar-refractivity contribution < 1.29 is 21.6 Å². The standard InChI is InChI=1S/C5H14O5SSi/c1-2-10-12-5-3-4-9-11(6,7)8/h2-5,12H2,1H3,(H,6,7,8). The Labute approximate surface area is 75.0 Å². The van der Waals surface area contributed by atoms with Crippen LogP contribution in [0.5, 0.6) is 0 Å². The third-order valence-electron chi connectivity index (χ3n) is 1.12. The lowest BCUT2D eigenvalue weighted by atomic mass is 10.5. The van der Waals surface area contributed by atoms with Gasteiger partial charge in [0.05, 0.1) is 6.61 Å². The molecule has 0 aliphatic rings. The molecule has 7 heteroatoms. The van der Waals surface area contributed by atoms with Crippen molar-refractivity contribution in [2.75, 3.05) is 13.2 Å². The zero-order valence-electron chi connectivity index (χ0n) is 7.02. The van der Waals surface area contributed by atoms with Crippen molar-refractivity contribution in [1.29, 1.82) is 0 Å². The molecule has 12 heavy (non-hydrogen) atoms. The molecule has 0 aromatic carbocycles. The molecule has 0 aliphatic carbocycles. The van der Waals surface area contributed by atoms with Crippen molar-refractivity contribution in [3.05, 3.63) is 0 Å². The molecule has 0 aliphatic heterocycles. The summed E-state index contributed by atoms with van der Waals surface area (Å²) in [6.45, 7) is 2.67. The molecule has 0 aromatic heterocycles. The molecule has 0 aromatic rings. The van der Waals surface area contributed by atoms with Gasteiger partial charge in [-0.25, -0.2) is 4.18 Å². The van der Waals surface area contributed by atoms with Gasteiger partial charge in [-0.15, -0.1) is 0 Å². The fourth-order valence-electron chi connectivity index (χ4n) is 0.615. The van der Waals surface area contributed by atoms with Crippen molar-refractivity contribution in [3.8, 4) is 0 Å². The molecule has 0 atom stereocenters. The average Bonchev–Trinajstić information content (AvgIpc) is 1.94. The maximum absolute atomic E-state index is 10.0. The van der Waals surface area contributed by atoms with E-state index >= 15 is 0 Å². The van der Waals surface area contributed by atoms with E-state index in [1.807, 2.05) is 6.92 Å². The molecular weight excluding hydrogens is 200 g/mol. The Morgan fingerprint density at radius 1 is 1.50 bits per heavy atom. The highest BCUT2D eigenvalue weighted by Crippen LogP contribution is 1.94. The summed E-state index contributed by atoms with van der Waals surface area (Å²) in [7, 11) is -4.75. The molecule has 0 unspecified atom stereocenters. The first kappa shape index (κ1) is 12.0. The minimum atomic E-state index is -4.24. The van der Waals surface area contributed by atoms with Crippen molar-refractivity contribution in [3.63, 3.8) is 0 Å². The Morgan fingerprint density at radius 2 is 2.17 bits per heavy atom. The van der Waals surface area contributed by atoms with E-state index in [0.29, 0.717) is 13.0 Å². The SMILES string of the molecule is CCO[SiH2]CCCOS(=O)(=O)O. The Hall–Kier alpha value is 0.0469. The predicted molar refractivity (Wildman–Crippen MR) is 47.1 cm³/mol. The van der Waals surface area contributed by atoms with Gasteiger partial charge in [-0.3, -0.25) is 4.55 Å². The first-order valence-electron chi connectivity index (χ1n) is 3.76. The fourth-order valence-corrected chi connectivity index (χ4v) is 1.84. The highest BCUT2D eigenvalue weighted by atomic mass is 32.3. The van der Waals surface area contributed by atoms with E-state index in [2.05, 4.69) is 4.18 Å². The number of hydrogen-bond acceptors (Lipinski definition) is 4. The predicted octanol–water partition coefficient (Wildman–Crippen LogP) is -0.266. The van der Waals surface area contributed by atoms with E-state index in [1.54, 1.807) is 0 Å². The Bertz CT molecular complexity index is 190. The summed E-state index contributed by atoms with van der Waals surface area (Å²) < 4.78 is 37.5. The van der Waals surface area contributed by atoms with E-state index in [-0.39, 0.29) is 6.61 Å². The van der Waals surface area contributed by atoms with Crippen LogP contribution in [0.2, 0.25) is 6.04 Å². The first-order chi connectivity index (χ1) is 5.56. The van der Waals surface area contributed by atoms with Crippen LogP contribution >= 0.6 is 0 Å². The summed E-state index contributed by atoms with van der Waals surface area (Å²) >= 11 is 0. The van der Waals surface area contributed by atoms with Gasteiger partial charge in [0, 0.05) is 6.61 Å². The summed E-state index contributed by atoms with van der Waals surface area (Å²) in [6.07, 6.45) is 0.617. The molecule has 0 saturated heterocycles. The largest absolute Gasteiger partial charge is 0.424 e. The lowest BCUT2D eigenvalue weighted by molar-refractivity contribution is 0.267. The van der Waals surface area contributed by atoms with Crippen LogP contribution < -0.4 is 0 Å². The lowest BCUT2D eigenvalue weighted by Gasteiger charge is -1.99. The van der Waals surface area contributed by atoms with E-state index in [9.17, 15) is 8.42 Å². The molecule has 0 saturated carbocycles. The zero-order chi connectivity index (χ0) is 9.45. The molecule has 0 amide bonds. The van der Waals surface area contributed by atoms with E-state index < -0.39 is 20.2 Å². The van der Waals surface area contributed by atoms with Crippen molar-refractivity contribution in [2.24, 2.45) is 0 Å².